The van der Waals surface area contributed by atoms with Gasteiger partial charge in [-0.05, 0) is 63.4 Å². The van der Waals surface area contributed by atoms with Crippen LogP contribution in [0.2, 0.25) is 5.02 Å². The van der Waals surface area contributed by atoms with Crippen LogP contribution in [0.4, 0.5) is 11.4 Å². The van der Waals surface area contributed by atoms with Crippen molar-refractivity contribution in [1.82, 2.24) is 9.62 Å². The molecule has 3 rings (SSSR count). The van der Waals surface area contributed by atoms with Crippen molar-refractivity contribution in [1.29, 1.82) is 0 Å². The molecule has 0 bridgehead atoms. The van der Waals surface area contributed by atoms with Crippen molar-refractivity contribution in [3.63, 3.8) is 0 Å². The fourth-order valence-electron chi connectivity index (χ4n) is 3.29. The summed E-state index contributed by atoms with van der Waals surface area (Å²) in [7, 11) is -1.52. The predicted molar refractivity (Wildman–Crippen MR) is 121 cm³/mol. The second-order valence-corrected chi connectivity index (χ2v) is 9.86. The summed E-state index contributed by atoms with van der Waals surface area (Å²) in [6.07, 6.45) is 0. The molecular formula is C21H27ClN4O3S. The third-order valence-electron chi connectivity index (χ3n) is 4.87. The molecule has 0 aromatic heterocycles. The van der Waals surface area contributed by atoms with Crippen LogP contribution < -0.4 is 14.9 Å². The Kier molecular flexibility index (Phi) is 7.02. The zero-order chi connectivity index (χ0) is 21.9. The molecule has 1 fully saturated rings. The van der Waals surface area contributed by atoms with Gasteiger partial charge in [0, 0.05) is 42.8 Å². The van der Waals surface area contributed by atoms with Gasteiger partial charge < -0.3 is 15.1 Å². The van der Waals surface area contributed by atoms with Crippen LogP contribution in [0, 0.1) is 0 Å². The third kappa shape index (κ3) is 5.51. The standard InChI is InChI=1S/C21H27ClN4O3S/c1-15(2)24-30(28,29)18-7-4-16(5-8-18)21(27)23-19-14-17(22)6-9-20(19)26-12-10-25(3)11-13-26/h4-9,14-15,24H,10-13H2,1-3H3,(H,23,27). The van der Waals surface area contributed by atoms with Gasteiger partial charge in [-0.2, -0.15) is 0 Å². The van der Waals surface area contributed by atoms with Gasteiger partial charge in [-0.3, -0.25) is 4.79 Å². The number of carbonyl (C=O) groups excluding carboxylic acids is 1. The SMILES string of the molecule is CC(C)NS(=O)(=O)c1ccc(C(=O)Nc2cc(Cl)ccc2N2CCN(C)CC2)cc1. The molecule has 0 unspecified atom stereocenters. The number of likely N-dealkylation sites (N-methyl/N-ethyl adjacent to an activating group) is 1. The van der Waals surface area contributed by atoms with Gasteiger partial charge in [0.05, 0.1) is 16.3 Å². The van der Waals surface area contributed by atoms with Gasteiger partial charge in [-0.25, -0.2) is 13.1 Å². The van der Waals surface area contributed by atoms with Crippen molar-refractivity contribution in [3.8, 4) is 0 Å². The highest BCUT2D eigenvalue weighted by Gasteiger charge is 2.20. The summed E-state index contributed by atoms with van der Waals surface area (Å²) < 4.78 is 27.0. The molecule has 0 radical (unpaired) electrons. The number of halogens is 1. The lowest BCUT2D eigenvalue weighted by Gasteiger charge is -2.35. The quantitative estimate of drug-likeness (QED) is 0.707. The van der Waals surface area contributed by atoms with Crippen LogP contribution >= 0.6 is 11.6 Å². The number of anilines is 2. The number of benzene rings is 2. The van der Waals surface area contributed by atoms with E-state index in [0.717, 1.165) is 31.9 Å². The largest absolute Gasteiger partial charge is 0.367 e. The minimum atomic E-state index is -3.60. The van der Waals surface area contributed by atoms with Gasteiger partial charge >= 0.3 is 0 Å². The first-order valence-corrected chi connectivity index (χ1v) is 11.7. The van der Waals surface area contributed by atoms with Crippen molar-refractivity contribution >= 4 is 38.9 Å². The topological polar surface area (TPSA) is 81.7 Å². The smallest absolute Gasteiger partial charge is 0.255 e. The molecule has 0 spiro atoms. The average Bonchev–Trinajstić information content (AvgIpc) is 2.68. The zero-order valence-corrected chi connectivity index (χ0v) is 18.9. The van der Waals surface area contributed by atoms with Crippen LogP contribution in [0.15, 0.2) is 47.4 Å². The van der Waals surface area contributed by atoms with Gasteiger partial charge in [0.2, 0.25) is 10.0 Å². The predicted octanol–water partition coefficient (Wildman–Crippen LogP) is 3.03. The Labute approximate surface area is 183 Å². The van der Waals surface area contributed by atoms with E-state index in [1.807, 2.05) is 12.1 Å². The Balaban J connectivity index is 1.78. The molecule has 2 aromatic carbocycles. The van der Waals surface area contributed by atoms with Gasteiger partial charge in [-0.1, -0.05) is 11.6 Å². The molecule has 30 heavy (non-hydrogen) atoms. The molecule has 0 atom stereocenters. The summed E-state index contributed by atoms with van der Waals surface area (Å²) in [4.78, 5) is 17.4. The molecule has 2 aromatic rings. The van der Waals surface area contributed by atoms with E-state index in [1.165, 1.54) is 24.3 Å². The third-order valence-corrected chi connectivity index (χ3v) is 6.78. The number of nitrogens with one attached hydrogen (secondary N) is 2. The van der Waals surface area contributed by atoms with E-state index in [-0.39, 0.29) is 16.8 Å². The number of rotatable bonds is 6. The van der Waals surface area contributed by atoms with Gasteiger partial charge in [0.15, 0.2) is 0 Å². The first-order valence-electron chi connectivity index (χ1n) is 9.82. The molecule has 7 nitrogen and oxygen atoms in total. The number of amides is 1. The maximum absolute atomic E-state index is 12.8. The summed E-state index contributed by atoms with van der Waals surface area (Å²) in [6.45, 7) is 7.10. The lowest BCUT2D eigenvalue weighted by atomic mass is 10.1. The molecule has 1 aliphatic rings. The first kappa shape index (κ1) is 22.6. The van der Waals surface area contributed by atoms with E-state index in [9.17, 15) is 13.2 Å². The normalized spacial score (nSPS) is 15.4. The summed E-state index contributed by atoms with van der Waals surface area (Å²) in [5.74, 6) is -0.326. The number of carbonyl (C=O) groups is 1. The number of piperazine rings is 1. The van der Waals surface area contributed by atoms with E-state index in [4.69, 9.17) is 11.6 Å². The summed E-state index contributed by atoms with van der Waals surface area (Å²) >= 11 is 6.17. The van der Waals surface area contributed by atoms with Crippen LogP contribution in [0.3, 0.4) is 0 Å². The fourth-order valence-corrected chi connectivity index (χ4v) is 4.71. The molecule has 0 aliphatic carbocycles. The number of hydrogen-bond acceptors (Lipinski definition) is 5. The van der Waals surface area contributed by atoms with E-state index in [1.54, 1.807) is 19.9 Å². The molecule has 1 aliphatic heterocycles. The first-order chi connectivity index (χ1) is 14.2. The van der Waals surface area contributed by atoms with Gasteiger partial charge in [0.25, 0.3) is 5.91 Å². The summed E-state index contributed by atoms with van der Waals surface area (Å²) in [5.41, 5.74) is 1.92. The molecular weight excluding hydrogens is 424 g/mol. The summed E-state index contributed by atoms with van der Waals surface area (Å²) in [6, 6.07) is 11.1. The maximum atomic E-state index is 12.8. The Morgan fingerprint density at radius 3 is 2.27 bits per heavy atom. The van der Waals surface area contributed by atoms with Crippen LogP contribution in [0.1, 0.15) is 24.2 Å². The van der Waals surface area contributed by atoms with Crippen LogP contribution in [0.5, 0.6) is 0 Å². The fraction of sp³-hybridized carbons (Fsp3) is 0.381. The Bertz CT molecular complexity index is 1000. The lowest BCUT2D eigenvalue weighted by Crippen LogP contribution is -2.44. The Morgan fingerprint density at radius 2 is 1.67 bits per heavy atom. The highest BCUT2D eigenvalue weighted by atomic mass is 35.5. The van der Waals surface area contributed by atoms with Crippen LogP contribution in [0.25, 0.3) is 0 Å². The van der Waals surface area contributed by atoms with Crippen LogP contribution in [-0.4, -0.2) is 58.5 Å². The molecule has 162 valence electrons. The molecule has 1 amide bonds. The van der Waals surface area contributed by atoms with Crippen LogP contribution in [-0.2, 0) is 10.0 Å². The monoisotopic (exact) mass is 450 g/mol. The molecule has 1 saturated heterocycles. The minimum absolute atomic E-state index is 0.119. The second-order valence-electron chi connectivity index (χ2n) is 7.71. The van der Waals surface area contributed by atoms with E-state index in [0.29, 0.717) is 16.3 Å². The highest BCUT2D eigenvalue weighted by molar-refractivity contribution is 7.89. The maximum Gasteiger partial charge on any atom is 0.255 e. The van der Waals surface area contributed by atoms with E-state index in [2.05, 4.69) is 26.9 Å². The number of sulfonamides is 1. The summed E-state index contributed by atoms with van der Waals surface area (Å²) in [5, 5.41) is 3.45. The molecule has 1 heterocycles. The van der Waals surface area contributed by atoms with E-state index >= 15 is 0 Å². The van der Waals surface area contributed by atoms with Crippen molar-refractivity contribution in [2.75, 3.05) is 43.4 Å². The molecule has 2 N–H and O–H groups in total. The lowest BCUT2D eigenvalue weighted by molar-refractivity contribution is 0.102. The van der Waals surface area contributed by atoms with Crippen molar-refractivity contribution < 1.29 is 13.2 Å². The average molecular weight is 451 g/mol. The van der Waals surface area contributed by atoms with Gasteiger partial charge in [-0.15, -0.1) is 0 Å². The molecule has 9 heteroatoms. The minimum Gasteiger partial charge on any atom is -0.367 e. The number of nitrogens with zero attached hydrogens (tertiary/aromatic N) is 2. The van der Waals surface area contributed by atoms with Crippen molar-refractivity contribution in [2.24, 2.45) is 0 Å². The zero-order valence-electron chi connectivity index (χ0n) is 17.4. The van der Waals surface area contributed by atoms with E-state index < -0.39 is 10.0 Å². The highest BCUT2D eigenvalue weighted by Crippen LogP contribution is 2.30. The second kappa shape index (κ2) is 9.34. The van der Waals surface area contributed by atoms with Gasteiger partial charge in [0.1, 0.15) is 0 Å². The van der Waals surface area contributed by atoms with Crippen molar-refractivity contribution in [3.05, 3.63) is 53.1 Å². The number of hydrogen-bond donors (Lipinski definition) is 2. The Hall–Kier alpha value is -2.13. The van der Waals surface area contributed by atoms with Crippen molar-refractivity contribution in [2.45, 2.75) is 24.8 Å². The molecule has 0 saturated carbocycles. The Morgan fingerprint density at radius 1 is 1.03 bits per heavy atom.